The molecule has 0 spiro atoms. The second-order valence-electron chi connectivity index (χ2n) is 2.60. The average molecular weight is 164 g/mol. The van der Waals surface area contributed by atoms with Gasteiger partial charge in [0.05, 0.1) is 6.61 Å². The van der Waals surface area contributed by atoms with Gasteiger partial charge in [-0.2, -0.15) is 0 Å². The van der Waals surface area contributed by atoms with E-state index >= 15 is 0 Å². The maximum atomic E-state index is 10.3. The van der Waals surface area contributed by atoms with Crippen LogP contribution in [0.2, 0.25) is 0 Å². The van der Waals surface area contributed by atoms with Gasteiger partial charge in [-0.25, -0.2) is 0 Å². The third-order valence-electron chi connectivity index (χ3n) is 1.71. The predicted molar refractivity (Wildman–Crippen MR) is 47.4 cm³/mol. The van der Waals surface area contributed by atoms with Gasteiger partial charge in [0.25, 0.3) is 0 Å². The van der Waals surface area contributed by atoms with Crippen LogP contribution in [-0.2, 0) is 11.2 Å². The first kappa shape index (κ1) is 8.94. The van der Waals surface area contributed by atoms with Gasteiger partial charge in [0, 0.05) is 12.7 Å². The lowest BCUT2D eigenvalue weighted by Gasteiger charge is -1.99. The summed E-state index contributed by atoms with van der Waals surface area (Å²) >= 11 is 0. The largest absolute Gasteiger partial charge is 0.384 e. The Hall–Kier alpha value is -1.15. The number of rotatable bonds is 4. The van der Waals surface area contributed by atoms with Crippen LogP contribution in [0.1, 0.15) is 15.9 Å². The molecule has 1 aromatic rings. The lowest BCUT2D eigenvalue weighted by Crippen LogP contribution is -1.94. The molecule has 0 aliphatic carbocycles. The van der Waals surface area contributed by atoms with Gasteiger partial charge < -0.3 is 4.74 Å². The minimum Gasteiger partial charge on any atom is -0.384 e. The molecule has 0 radical (unpaired) electrons. The summed E-state index contributed by atoms with van der Waals surface area (Å²) in [6, 6.07) is 7.53. The molecule has 0 fully saturated rings. The highest BCUT2D eigenvalue weighted by Crippen LogP contribution is 2.02. The highest BCUT2D eigenvalue weighted by molar-refractivity contribution is 5.74. The van der Waals surface area contributed by atoms with Gasteiger partial charge in [-0.05, 0) is 12.0 Å². The van der Waals surface area contributed by atoms with Crippen LogP contribution in [0.5, 0.6) is 0 Å². The van der Waals surface area contributed by atoms with Crippen molar-refractivity contribution in [2.45, 2.75) is 6.42 Å². The van der Waals surface area contributed by atoms with E-state index in [1.807, 2.05) is 24.3 Å². The summed E-state index contributed by atoms with van der Waals surface area (Å²) in [5, 5.41) is 0. The molecular formula is C10H12O2. The third kappa shape index (κ3) is 2.47. The standard InChI is InChI=1S/C10H12O2/c1-12-7-6-9-2-4-10(8-11)5-3-9/h2-5,8H,6-7H2,1H3. The molecule has 2 nitrogen and oxygen atoms in total. The van der Waals surface area contributed by atoms with Crippen molar-refractivity contribution >= 4 is 6.29 Å². The number of hydrogen-bond acceptors (Lipinski definition) is 2. The fourth-order valence-corrected chi connectivity index (χ4v) is 0.983. The predicted octanol–water partition coefficient (Wildman–Crippen LogP) is 1.69. The van der Waals surface area contributed by atoms with Gasteiger partial charge >= 0.3 is 0 Å². The Morgan fingerprint density at radius 2 is 2.00 bits per heavy atom. The number of aldehydes is 1. The molecule has 0 aliphatic rings. The molecule has 0 unspecified atom stereocenters. The molecule has 2 heteroatoms. The average Bonchev–Trinajstić information content (AvgIpc) is 2.15. The van der Waals surface area contributed by atoms with E-state index in [4.69, 9.17) is 4.74 Å². The Morgan fingerprint density at radius 1 is 1.33 bits per heavy atom. The Morgan fingerprint density at radius 3 is 2.50 bits per heavy atom. The summed E-state index contributed by atoms with van der Waals surface area (Å²) in [5.74, 6) is 0. The van der Waals surface area contributed by atoms with Crippen LogP contribution in [0.3, 0.4) is 0 Å². The van der Waals surface area contributed by atoms with Crippen LogP contribution in [0.25, 0.3) is 0 Å². The smallest absolute Gasteiger partial charge is 0.150 e. The Labute approximate surface area is 72.2 Å². The quantitative estimate of drug-likeness (QED) is 0.633. The molecule has 12 heavy (non-hydrogen) atoms. The monoisotopic (exact) mass is 164 g/mol. The fourth-order valence-electron chi connectivity index (χ4n) is 0.983. The van der Waals surface area contributed by atoms with Crippen LogP contribution in [0.4, 0.5) is 0 Å². The lowest BCUT2D eigenvalue weighted by atomic mass is 10.1. The summed E-state index contributed by atoms with van der Waals surface area (Å²) in [6.45, 7) is 0.723. The van der Waals surface area contributed by atoms with Crippen molar-refractivity contribution in [1.29, 1.82) is 0 Å². The second-order valence-corrected chi connectivity index (χ2v) is 2.60. The Balaban J connectivity index is 2.58. The Bertz CT molecular complexity index is 239. The van der Waals surface area contributed by atoms with Gasteiger partial charge in [-0.1, -0.05) is 24.3 Å². The molecule has 0 amide bonds. The number of methoxy groups -OCH3 is 1. The van der Waals surface area contributed by atoms with Gasteiger partial charge in [0.15, 0.2) is 0 Å². The zero-order valence-corrected chi connectivity index (χ0v) is 7.12. The number of carbonyl (C=O) groups is 1. The van der Waals surface area contributed by atoms with Crippen LogP contribution >= 0.6 is 0 Å². The lowest BCUT2D eigenvalue weighted by molar-refractivity contribution is 0.112. The van der Waals surface area contributed by atoms with Crippen LogP contribution in [0, 0.1) is 0 Å². The third-order valence-corrected chi connectivity index (χ3v) is 1.71. The maximum absolute atomic E-state index is 10.3. The van der Waals surface area contributed by atoms with Crippen molar-refractivity contribution in [3.8, 4) is 0 Å². The van der Waals surface area contributed by atoms with E-state index in [-0.39, 0.29) is 0 Å². The number of ether oxygens (including phenoxy) is 1. The van der Waals surface area contributed by atoms with Gasteiger partial charge in [-0.15, -0.1) is 0 Å². The zero-order chi connectivity index (χ0) is 8.81. The fraction of sp³-hybridized carbons (Fsp3) is 0.300. The molecule has 0 saturated carbocycles. The number of benzene rings is 1. The van der Waals surface area contributed by atoms with E-state index in [1.54, 1.807) is 7.11 Å². The van der Waals surface area contributed by atoms with Crippen LogP contribution in [0.15, 0.2) is 24.3 Å². The maximum Gasteiger partial charge on any atom is 0.150 e. The van der Waals surface area contributed by atoms with Crippen molar-refractivity contribution in [2.24, 2.45) is 0 Å². The summed E-state index contributed by atoms with van der Waals surface area (Å²) in [4.78, 5) is 10.3. The minimum atomic E-state index is 0.719. The first-order chi connectivity index (χ1) is 5.86. The van der Waals surface area contributed by atoms with Gasteiger partial charge in [0.1, 0.15) is 6.29 Å². The molecule has 0 aromatic heterocycles. The molecular weight excluding hydrogens is 152 g/mol. The minimum absolute atomic E-state index is 0.719. The first-order valence-electron chi connectivity index (χ1n) is 3.90. The van der Waals surface area contributed by atoms with E-state index in [0.717, 1.165) is 24.9 Å². The van der Waals surface area contributed by atoms with Gasteiger partial charge in [0.2, 0.25) is 0 Å². The highest BCUT2D eigenvalue weighted by Gasteiger charge is 1.92. The zero-order valence-electron chi connectivity index (χ0n) is 7.12. The topological polar surface area (TPSA) is 26.3 Å². The van der Waals surface area contributed by atoms with Crippen molar-refractivity contribution in [1.82, 2.24) is 0 Å². The van der Waals surface area contributed by atoms with E-state index in [1.165, 1.54) is 5.56 Å². The van der Waals surface area contributed by atoms with Crippen molar-refractivity contribution < 1.29 is 9.53 Å². The molecule has 0 N–H and O–H groups in total. The molecule has 0 saturated heterocycles. The van der Waals surface area contributed by atoms with E-state index in [2.05, 4.69) is 0 Å². The molecule has 1 aromatic carbocycles. The summed E-state index contributed by atoms with van der Waals surface area (Å²) in [5.41, 5.74) is 1.92. The first-order valence-corrected chi connectivity index (χ1v) is 3.90. The van der Waals surface area contributed by atoms with Crippen molar-refractivity contribution in [3.63, 3.8) is 0 Å². The normalized spacial score (nSPS) is 9.75. The van der Waals surface area contributed by atoms with Gasteiger partial charge in [-0.3, -0.25) is 4.79 Å². The SMILES string of the molecule is COCCc1ccc(C=O)cc1. The number of carbonyl (C=O) groups excluding carboxylic acids is 1. The molecule has 0 heterocycles. The summed E-state index contributed by atoms with van der Waals surface area (Å²) in [6.07, 6.45) is 1.75. The molecule has 1 rings (SSSR count). The summed E-state index contributed by atoms with van der Waals surface area (Å²) < 4.78 is 4.93. The molecule has 0 aliphatic heterocycles. The number of hydrogen-bond donors (Lipinski definition) is 0. The Kier molecular flexibility index (Phi) is 3.48. The van der Waals surface area contributed by atoms with Crippen LogP contribution in [-0.4, -0.2) is 20.0 Å². The molecule has 0 atom stereocenters. The second kappa shape index (κ2) is 4.67. The molecule has 0 bridgehead atoms. The molecule has 64 valence electrons. The van der Waals surface area contributed by atoms with Crippen molar-refractivity contribution in [3.05, 3.63) is 35.4 Å². The van der Waals surface area contributed by atoms with E-state index < -0.39 is 0 Å². The van der Waals surface area contributed by atoms with E-state index in [0.29, 0.717) is 0 Å². The van der Waals surface area contributed by atoms with Crippen molar-refractivity contribution in [2.75, 3.05) is 13.7 Å². The highest BCUT2D eigenvalue weighted by atomic mass is 16.5. The van der Waals surface area contributed by atoms with E-state index in [9.17, 15) is 4.79 Å². The van der Waals surface area contributed by atoms with Crippen LogP contribution < -0.4 is 0 Å². The summed E-state index contributed by atoms with van der Waals surface area (Å²) in [7, 11) is 1.68.